The molecule has 1 N–H and O–H groups in total. The van der Waals surface area contributed by atoms with E-state index in [1.807, 2.05) is 22.6 Å². The van der Waals surface area contributed by atoms with E-state index in [9.17, 15) is 4.79 Å². The highest BCUT2D eigenvalue weighted by Crippen LogP contribution is 2.16. The van der Waals surface area contributed by atoms with Gasteiger partial charge in [-0.05, 0) is 44.2 Å². The molecule has 0 saturated carbocycles. The van der Waals surface area contributed by atoms with Crippen LogP contribution in [-0.4, -0.2) is 15.0 Å². The summed E-state index contributed by atoms with van der Waals surface area (Å²) in [6.07, 6.45) is 2.64. The lowest BCUT2D eigenvalue weighted by Gasteiger charge is -2.08. The molecule has 0 aromatic heterocycles. The third-order valence-electron chi connectivity index (χ3n) is 2.67. The molecule has 3 heteroatoms. The molecule has 0 amide bonds. The van der Waals surface area contributed by atoms with Gasteiger partial charge in [-0.1, -0.05) is 46.4 Å². The van der Waals surface area contributed by atoms with Gasteiger partial charge in [-0.2, -0.15) is 0 Å². The minimum Gasteiger partial charge on any atom is -0.480 e. The van der Waals surface area contributed by atoms with E-state index in [1.165, 1.54) is 16.7 Å². The smallest absolute Gasteiger partial charge is 0.316 e. The fourth-order valence-electron chi connectivity index (χ4n) is 1.72. The van der Waals surface area contributed by atoms with Gasteiger partial charge in [-0.3, -0.25) is 4.79 Å². The predicted molar refractivity (Wildman–Crippen MR) is 74.3 cm³/mol. The molecule has 0 saturated heterocycles. The standard InChI is InChI=1S/C13H17IO2/c1-9-6-7-11(10(2)8-9)4-3-5-12(14)13(15)16/h6-8,12H,3-5H2,1-2H3,(H,15,16). The number of benzene rings is 1. The molecule has 16 heavy (non-hydrogen) atoms. The Morgan fingerprint density at radius 2 is 2.12 bits per heavy atom. The summed E-state index contributed by atoms with van der Waals surface area (Å²) < 4.78 is -0.261. The van der Waals surface area contributed by atoms with E-state index < -0.39 is 5.97 Å². The van der Waals surface area contributed by atoms with Crippen molar-refractivity contribution in [3.05, 3.63) is 34.9 Å². The average Bonchev–Trinajstić information content (AvgIpc) is 2.20. The summed E-state index contributed by atoms with van der Waals surface area (Å²) in [7, 11) is 0. The molecular weight excluding hydrogens is 315 g/mol. The van der Waals surface area contributed by atoms with Crippen molar-refractivity contribution in [2.45, 2.75) is 37.0 Å². The van der Waals surface area contributed by atoms with Crippen LogP contribution in [0.4, 0.5) is 0 Å². The molecule has 1 unspecified atom stereocenters. The van der Waals surface area contributed by atoms with Gasteiger partial charge in [0.2, 0.25) is 0 Å². The maximum Gasteiger partial charge on any atom is 0.316 e. The van der Waals surface area contributed by atoms with E-state index in [2.05, 4.69) is 32.0 Å². The SMILES string of the molecule is Cc1ccc(CCCC(I)C(=O)O)c(C)c1. The summed E-state index contributed by atoms with van der Waals surface area (Å²) in [6, 6.07) is 6.43. The topological polar surface area (TPSA) is 37.3 Å². The van der Waals surface area contributed by atoms with Crippen LogP contribution >= 0.6 is 22.6 Å². The quantitative estimate of drug-likeness (QED) is 0.662. The number of hydrogen-bond donors (Lipinski definition) is 1. The first-order chi connectivity index (χ1) is 7.50. The van der Waals surface area contributed by atoms with Crippen LogP contribution in [0.25, 0.3) is 0 Å². The van der Waals surface area contributed by atoms with Crippen molar-refractivity contribution in [1.29, 1.82) is 0 Å². The summed E-state index contributed by atoms with van der Waals surface area (Å²) >= 11 is 1.99. The van der Waals surface area contributed by atoms with Gasteiger partial charge >= 0.3 is 5.97 Å². The van der Waals surface area contributed by atoms with Gasteiger partial charge in [0.25, 0.3) is 0 Å². The first kappa shape index (κ1) is 13.5. The molecule has 1 aromatic rings. The molecule has 88 valence electrons. The second-order valence-corrected chi connectivity index (χ2v) is 5.63. The Balaban J connectivity index is 2.46. The molecule has 0 aliphatic heterocycles. The van der Waals surface area contributed by atoms with Crippen LogP contribution in [0.3, 0.4) is 0 Å². The Morgan fingerprint density at radius 3 is 2.69 bits per heavy atom. The van der Waals surface area contributed by atoms with Crippen molar-refractivity contribution in [1.82, 2.24) is 0 Å². The van der Waals surface area contributed by atoms with E-state index in [-0.39, 0.29) is 3.92 Å². The van der Waals surface area contributed by atoms with Crippen LogP contribution in [0, 0.1) is 13.8 Å². The average molecular weight is 332 g/mol. The summed E-state index contributed by atoms with van der Waals surface area (Å²) in [4.78, 5) is 10.6. The summed E-state index contributed by atoms with van der Waals surface area (Å²) in [5, 5.41) is 8.76. The van der Waals surface area contributed by atoms with Crippen LogP contribution < -0.4 is 0 Å². The Bertz CT molecular complexity index is 374. The van der Waals surface area contributed by atoms with E-state index in [0.29, 0.717) is 0 Å². The summed E-state index contributed by atoms with van der Waals surface area (Å²) in [5.41, 5.74) is 3.92. The molecule has 0 fully saturated rings. The number of carboxylic acids is 1. The van der Waals surface area contributed by atoms with Crippen molar-refractivity contribution in [2.24, 2.45) is 0 Å². The molecule has 0 radical (unpaired) electrons. The van der Waals surface area contributed by atoms with E-state index in [4.69, 9.17) is 5.11 Å². The fourth-order valence-corrected chi connectivity index (χ4v) is 2.16. The maximum atomic E-state index is 10.6. The molecule has 0 aliphatic rings. The van der Waals surface area contributed by atoms with Crippen molar-refractivity contribution in [3.63, 3.8) is 0 Å². The Morgan fingerprint density at radius 1 is 1.44 bits per heavy atom. The predicted octanol–water partition coefficient (Wildman–Crippen LogP) is 3.51. The molecule has 1 rings (SSSR count). The second kappa shape index (κ2) is 6.23. The van der Waals surface area contributed by atoms with Crippen molar-refractivity contribution >= 4 is 28.6 Å². The third kappa shape index (κ3) is 4.12. The summed E-state index contributed by atoms with van der Waals surface area (Å²) in [5.74, 6) is -0.707. The minimum absolute atomic E-state index is 0.261. The Labute approximate surface area is 110 Å². The van der Waals surface area contributed by atoms with Gasteiger partial charge in [0.05, 0.1) is 0 Å². The van der Waals surface area contributed by atoms with Crippen LogP contribution in [0.2, 0.25) is 0 Å². The fraction of sp³-hybridized carbons (Fsp3) is 0.462. The maximum absolute atomic E-state index is 10.6. The summed E-state index contributed by atoms with van der Waals surface area (Å²) in [6.45, 7) is 4.20. The van der Waals surface area contributed by atoms with Crippen molar-refractivity contribution in [2.75, 3.05) is 0 Å². The van der Waals surface area contributed by atoms with Gasteiger partial charge in [0.15, 0.2) is 0 Å². The molecule has 1 atom stereocenters. The molecule has 1 aromatic carbocycles. The number of aliphatic carboxylic acids is 1. The largest absolute Gasteiger partial charge is 0.480 e. The zero-order valence-electron chi connectivity index (χ0n) is 9.66. The molecule has 0 aliphatic carbocycles. The number of carbonyl (C=O) groups is 1. The Kier molecular flexibility index (Phi) is 5.25. The number of rotatable bonds is 5. The lowest BCUT2D eigenvalue weighted by atomic mass is 10.0. The van der Waals surface area contributed by atoms with Crippen LogP contribution in [0.5, 0.6) is 0 Å². The van der Waals surface area contributed by atoms with Crippen molar-refractivity contribution in [3.8, 4) is 0 Å². The van der Waals surface area contributed by atoms with Gasteiger partial charge in [-0.25, -0.2) is 0 Å². The first-order valence-electron chi connectivity index (χ1n) is 5.43. The third-order valence-corrected chi connectivity index (χ3v) is 3.83. The number of carboxylic acid groups (broad SMARTS) is 1. The second-order valence-electron chi connectivity index (χ2n) is 4.13. The van der Waals surface area contributed by atoms with Gasteiger partial charge in [0, 0.05) is 0 Å². The number of halogens is 1. The van der Waals surface area contributed by atoms with E-state index >= 15 is 0 Å². The minimum atomic E-state index is -0.707. The number of aryl methyl sites for hydroxylation is 3. The van der Waals surface area contributed by atoms with Crippen molar-refractivity contribution < 1.29 is 9.90 Å². The molecule has 0 bridgehead atoms. The number of alkyl halides is 1. The first-order valence-corrected chi connectivity index (χ1v) is 6.68. The zero-order chi connectivity index (χ0) is 12.1. The van der Waals surface area contributed by atoms with Crippen LogP contribution in [-0.2, 0) is 11.2 Å². The molecule has 2 nitrogen and oxygen atoms in total. The Hall–Kier alpha value is -0.580. The monoisotopic (exact) mass is 332 g/mol. The molecular formula is C13H17IO2. The lowest BCUT2D eigenvalue weighted by Crippen LogP contribution is -2.12. The highest BCUT2D eigenvalue weighted by Gasteiger charge is 2.12. The lowest BCUT2D eigenvalue weighted by molar-refractivity contribution is -0.136. The van der Waals surface area contributed by atoms with Gasteiger partial charge in [-0.15, -0.1) is 0 Å². The van der Waals surface area contributed by atoms with E-state index in [1.54, 1.807) is 0 Å². The van der Waals surface area contributed by atoms with Gasteiger partial charge in [0.1, 0.15) is 3.92 Å². The zero-order valence-corrected chi connectivity index (χ0v) is 11.8. The van der Waals surface area contributed by atoms with Crippen LogP contribution in [0.15, 0.2) is 18.2 Å². The molecule has 0 spiro atoms. The highest BCUT2D eigenvalue weighted by atomic mass is 127. The van der Waals surface area contributed by atoms with Gasteiger partial charge < -0.3 is 5.11 Å². The molecule has 0 heterocycles. The normalized spacial score (nSPS) is 12.4. The van der Waals surface area contributed by atoms with E-state index in [0.717, 1.165) is 19.3 Å². The highest BCUT2D eigenvalue weighted by molar-refractivity contribution is 14.1. The number of hydrogen-bond acceptors (Lipinski definition) is 1. The van der Waals surface area contributed by atoms with Crippen LogP contribution in [0.1, 0.15) is 29.5 Å².